The molecule has 1 fully saturated rings. The summed E-state index contributed by atoms with van der Waals surface area (Å²) in [5, 5.41) is 5.62. The molecule has 3 nitrogen and oxygen atoms in total. The highest BCUT2D eigenvalue weighted by Gasteiger charge is 2.21. The van der Waals surface area contributed by atoms with E-state index in [4.69, 9.17) is 41.2 Å². The lowest BCUT2D eigenvalue weighted by Crippen LogP contribution is -2.28. The van der Waals surface area contributed by atoms with Crippen LogP contribution in [-0.4, -0.2) is 10.8 Å². The second-order valence-electron chi connectivity index (χ2n) is 4.94. The van der Waals surface area contributed by atoms with Crippen LogP contribution in [0.25, 0.3) is 0 Å². The van der Waals surface area contributed by atoms with E-state index in [0.29, 0.717) is 16.0 Å². The van der Waals surface area contributed by atoms with Gasteiger partial charge < -0.3 is 5.73 Å². The van der Waals surface area contributed by atoms with Crippen molar-refractivity contribution in [2.24, 2.45) is 16.8 Å². The number of nitrogens with one attached hydrogen (secondary N) is 1. The van der Waals surface area contributed by atoms with Gasteiger partial charge in [0, 0.05) is 5.92 Å². The van der Waals surface area contributed by atoms with Crippen molar-refractivity contribution in [1.82, 2.24) is 5.43 Å². The summed E-state index contributed by atoms with van der Waals surface area (Å²) in [5.41, 5.74) is 10.1. The van der Waals surface area contributed by atoms with Gasteiger partial charge in [-0.2, -0.15) is 5.10 Å². The molecule has 1 saturated carbocycles. The van der Waals surface area contributed by atoms with E-state index < -0.39 is 0 Å². The Hall–Kier alpha value is -0.840. The van der Waals surface area contributed by atoms with Crippen molar-refractivity contribution in [2.45, 2.75) is 32.1 Å². The second kappa shape index (κ2) is 7.25. The van der Waals surface area contributed by atoms with Crippen molar-refractivity contribution in [2.75, 3.05) is 0 Å². The van der Waals surface area contributed by atoms with Crippen LogP contribution in [0.3, 0.4) is 0 Å². The van der Waals surface area contributed by atoms with Gasteiger partial charge in [-0.15, -0.1) is 0 Å². The average Bonchev–Trinajstić information content (AvgIpc) is 2.44. The Bertz CT molecular complexity index is 525. The number of nitrogens with zero attached hydrogens (tertiary/aromatic N) is 1. The van der Waals surface area contributed by atoms with Crippen molar-refractivity contribution in [3.63, 3.8) is 0 Å². The van der Waals surface area contributed by atoms with Gasteiger partial charge in [-0.05, 0) is 42.8 Å². The Balaban J connectivity index is 2.31. The third-order valence-electron chi connectivity index (χ3n) is 3.49. The predicted octanol–water partition coefficient (Wildman–Crippen LogP) is 4.11. The van der Waals surface area contributed by atoms with E-state index in [9.17, 15) is 0 Å². The highest BCUT2D eigenvalue weighted by molar-refractivity contribution is 7.80. The lowest BCUT2D eigenvalue weighted by Gasteiger charge is -2.23. The molecule has 108 valence electrons. The van der Waals surface area contributed by atoms with E-state index in [1.807, 2.05) is 12.1 Å². The molecule has 0 unspecified atom stereocenters. The number of hydrogen-bond acceptors (Lipinski definition) is 2. The molecule has 2 rings (SSSR count). The summed E-state index contributed by atoms with van der Waals surface area (Å²) in [6.45, 7) is 0. The van der Waals surface area contributed by atoms with Crippen LogP contribution < -0.4 is 11.2 Å². The van der Waals surface area contributed by atoms with E-state index in [0.717, 1.165) is 24.1 Å². The summed E-state index contributed by atoms with van der Waals surface area (Å²) in [6, 6.07) is 5.57. The molecule has 1 aromatic carbocycles. The molecule has 0 radical (unpaired) electrons. The quantitative estimate of drug-likeness (QED) is 0.498. The number of hydrogen-bond donors (Lipinski definition) is 2. The molecule has 0 aliphatic heterocycles. The molecular formula is C14H17Cl2N3S. The summed E-state index contributed by atoms with van der Waals surface area (Å²) in [7, 11) is 0. The molecule has 1 aliphatic carbocycles. The van der Waals surface area contributed by atoms with E-state index in [-0.39, 0.29) is 5.11 Å². The molecule has 0 saturated heterocycles. The standard InChI is InChI=1S/C14H17Cl2N3S/c15-11-7-6-10(8-12(11)16)13(18-19-14(17)20)9-4-2-1-3-5-9/h6-9H,1-5H2,(H3,17,19,20)/b18-13+. The van der Waals surface area contributed by atoms with Gasteiger partial charge in [0.25, 0.3) is 0 Å². The molecule has 20 heavy (non-hydrogen) atoms. The van der Waals surface area contributed by atoms with Crippen LogP contribution in [0.2, 0.25) is 10.0 Å². The van der Waals surface area contributed by atoms with Crippen molar-refractivity contribution < 1.29 is 0 Å². The number of halogens is 2. The van der Waals surface area contributed by atoms with E-state index >= 15 is 0 Å². The molecule has 0 bridgehead atoms. The first-order valence-electron chi connectivity index (χ1n) is 6.66. The van der Waals surface area contributed by atoms with Crippen LogP contribution >= 0.6 is 35.4 Å². The summed E-state index contributed by atoms with van der Waals surface area (Å²) >= 11 is 16.9. The van der Waals surface area contributed by atoms with Gasteiger partial charge in [-0.25, -0.2) is 0 Å². The fourth-order valence-electron chi connectivity index (χ4n) is 2.54. The predicted molar refractivity (Wildman–Crippen MR) is 89.5 cm³/mol. The van der Waals surface area contributed by atoms with Crippen LogP contribution in [0.5, 0.6) is 0 Å². The van der Waals surface area contributed by atoms with Gasteiger partial charge in [0.15, 0.2) is 5.11 Å². The third-order valence-corrected chi connectivity index (χ3v) is 4.32. The summed E-state index contributed by atoms with van der Waals surface area (Å²) in [4.78, 5) is 0. The van der Waals surface area contributed by atoms with Gasteiger partial charge in [-0.3, -0.25) is 5.43 Å². The zero-order valence-corrected chi connectivity index (χ0v) is 13.4. The highest BCUT2D eigenvalue weighted by Crippen LogP contribution is 2.30. The number of nitrogens with two attached hydrogens (primary N) is 1. The van der Waals surface area contributed by atoms with Crippen molar-refractivity contribution in [3.05, 3.63) is 33.8 Å². The van der Waals surface area contributed by atoms with Crippen molar-refractivity contribution >= 4 is 46.2 Å². The number of thiocarbonyl (C=S) groups is 1. The second-order valence-corrected chi connectivity index (χ2v) is 6.19. The summed E-state index contributed by atoms with van der Waals surface area (Å²) in [6.07, 6.45) is 5.97. The molecule has 1 aliphatic rings. The molecule has 0 amide bonds. The Kier molecular flexibility index (Phi) is 5.64. The van der Waals surface area contributed by atoms with Crippen LogP contribution in [0.1, 0.15) is 37.7 Å². The molecule has 1 aromatic rings. The maximum absolute atomic E-state index is 6.10. The Morgan fingerprint density at radius 1 is 1.20 bits per heavy atom. The van der Waals surface area contributed by atoms with Crippen molar-refractivity contribution in [3.8, 4) is 0 Å². The minimum Gasteiger partial charge on any atom is -0.375 e. The van der Waals surface area contributed by atoms with Crippen molar-refractivity contribution in [1.29, 1.82) is 0 Å². The first kappa shape index (κ1) is 15.5. The Labute approximate surface area is 134 Å². The van der Waals surface area contributed by atoms with E-state index in [2.05, 4.69) is 10.5 Å². The van der Waals surface area contributed by atoms with Gasteiger partial charge >= 0.3 is 0 Å². The van der Waals surface area contributed by atoms with Crippen LogP contribution in [0.4, 0.5) is 0 Å². The molecule has 0 spiro atoms. The monoisotopic (exact) mass is 329 g/mol. The fourth-order valence-corrected chi connectivity index (χ4v) is 2.88. The minimum atomic E-state index is 0.165. The lowest BCUT2D eigenvalue weighted by atomic mass is 9.83. The van der Waals surface area contributed by atoms with E-state index in [1.54, 1.807) is 6.07 Å². The highest BCUT2D eigenvalue weighted by atomic mass is 35.5. The first-order chi connectivity index (χ1) is 9.58. The molecular weight excluding hydrogens is 313 g/mol. The Morgan fingerprint density at radius 2 is 1.90 bits per heavy atom. The largest absolute Gasteiger partial charge is 0.375 e. The zero-order chi connectivity index (χ0) is 14.5. The molecule has 6 heteroatoms. The number of rotatable bonds is 3. The van der Waals surface area contributed by atoms with Crippen LogP contribution in [-0.2, 0) is 0 Å². The zero-order valence-electron chi connectivity index (χ0n) is 11.0. The molecule has 3 N–H and O–H groups in total. The van der Waals surface area contributed by atoms with E-state index in [1.165, 1.54) is 19.3 Å². The molecule has 0 heterocycles. The van der Waals surface area contributed by atoms with Gasteiger partial charge in [0.05, 0.1) is 15.8 Å². The average molecular weight is 330 g/mol. The Morgan fingerprint density at radius 3 is 2.50 bits per heavy atom. The fraction of sp³-hybridized carbons (Fsp3) is 0.429. The smallest absolute Gasteiger partial charge is 0.184 e. The summed E-state index contributed by atoms with van der Waals surface area (Å²) in [5.74, 6) is 0.405. The number of benzene rings is 1. The van der Waals surface area contributed by atoms with Crippen LogP contribution in [0.15, 0.2) is 23.3 Å². The number of hydrazone groups is 1. The topological polar surface area (TPSA) is 50.4 Å². The SMILES string of the molecule is NC(=S)N/N=C(/c1ccc(Cl)c(Cl)c1)C1CCCCC1. The maximum Gasteiger partial charge on any atom is 0.184 e. The van der Waals surface area contributed by atoms with Gasteiger partial charge in [-0.1, -0.05) is 48.5 Å². The maximum atomic E-state index is 6.10. The first-order valence-corrected chi connectivity index (χ1v) is 7.83. The normalized spacial score (nSPS) is 17.0. The van der Waals surface area contributed by atoms with Gasteiger partial charge in [0.2, 0.25) is 0 Å². The lowest BCUT2D eigenvalue weighted by molar-refractivity contribution is 0.438. The van der Waals surface area contributed by atoms with Gasteiger partial charge in [0.1, 0.15) is 0 Å². The van der Waals surface area contributed by atoms with Crippen LogP contribution in [0, 0.1) is 5.92 Å². The third kappa shape index (κ3) is 4.08. The molecule has 0 aromatic heterocycles. The molecule has 0 atom stereocenters. The minimum absolute atomic E-state index is 0.165. The summed E-state index contributed by atoms with van der Waals surface area (Å²) < 4.78 is 0.